The summed E-state index contributed by atoms with van der Waals surface area (Å²) in [6, 6.07) is 6.04. The number of rotatable bonds is 4. The van der Waals surface area contributed by atoms with Crippen LogP contribution in [-0.2, 0) is 19.1 Å². The average molecular weight is 471 g/mol. The number of hydrogen-bond acceptors (Lipinski definition) is 6. The predicted octanol–water partition coefficient (Wildman–Crippen LogP) is 1.83. The zero-order chi connectivity index (χ0) is 19.1. The summed E-state index contributed by atoms with van der Waals surface area (Å²) in [6.45, 7) is 0. The van der Waals surface area contributed by atoms with E-state index in [1.165, 1.54) is 19.1 Å². The van der Waals surface area contributed by atoms with E-state index in [4.69, 9.17) is 9.47 Å². The molecule has 1 fully saturated rings. The number of methoxy groups -OCH3 is 2. The molecule has 0 unspecified atom stereocenters. The van der Waals surface area contributed by atoms with Crippen LogP contribution in [0.4, 0.5) is 0 Å². The highest BCUT2D eigenvalue weighted by molar-refractivity contribution is 14.1. The fourth-order valence-electron chi connectivity index (χ4n) is 3.97. The smallest absolute Gasteiger partial charge is 0.323 e. The first-order valence-corrected chi connectivity index (χ1v) is 9.63. The van der Waals surface area contributed by atoms with E-state index in [2.05, 4.69) is 22.6 Å². The van der Waals surface area contributed by atoms with Gasteiger partial charge in [-0.2, -0.15) is 0 Å². The Kier molecular flexibility index (Phi) is 5.05. The van der Waals surface area contributed by atoms with Crippen LogP contribution in [0.5, 0.6) is 0 Å². The number of hydrogen-bond donors (Lipinski definition) is 0. The van der Waals surface area contributed by atoms with E-state index >= 15 is 0 Å². The lowest BCUT2D eigenvalue weighted by molar-refractivity contribution is -0.169. The second kappa shape index (κ2) is 6.98. The molecule has 1 aliphatic carbocycles. The van der Waals surface area contributed by atoms with Gasteiger partial charge in [-0.3, -0.25) is 24.1 Å². The maximum atomic E-state index is 12.8. The first kappa shape index (κ1) is 18.8. The van der Waals surface area contributed by atoms with Crippen molar-refractivity contribution in [3.63, 3.8) is 0 Å². The van der Waals surface area contributed by atoms with Crippen molar-refractivity contribution in [2.45, 2.75) is 18.9 Å². The Balaban J connectivity index is 2.01. The molecule has 1 aromatic rings. The van der Waals surface area contributed by atoms with Gasteiger partial charge in [0.05, 0.1) is 25.3 Å². The third kappa shape index (κ3) is 2.62. The van der Waals surface area contributed by atoms with Crippen LogP contribution in [0.15, 0.2) is 24.3 Å². The van der Waals surface area contributed by atoms with Crippen molar-refractivity contribution in [2.75, 3.05) is 18.6 Å². The lowest BCUT2D eigenvalue weighted by Gasteiger charge is -2.27. The minimum Gasteiger partial charge on any atom is -0.468 e. The predicted molar refractivity (Wildman–Crippen MR) is 98.8 cm³/mol. The first-order chi connectivity index (χ1) is 12.4. The van der Waals surface area contributed by atoms with Crippen LogP contribution >= 0.6 is 22.6 Å². The van der Waals surface area contributed by atoms with Crippen LogP contribution < -0.4 is 0 Å². The van der Waals surface area contributed by atoms with Gasteiger partial charge in [0.2, 0.25) is 0 Å². The molecule has 0 aromatic heterocycles. The minimum absolute atomic E-state index is 0.00544. The first-order valence-electron chi connectivity index (χ1n) is 8.11. The van der Waals surface area contributed by atoms with Crippen molar-refractivity contribution in [3.05, 3.63) is 35.4 Å². The van der Waals surface area contributed by atoms with E-state index in [9.17, 15) is 19.2 Å². The van der Waals surface area contributed by atoms with E-state index < -0.39 is 35.2 Å². The molecule has 1 aromatic carbocycles. The van der Waals surface area contributed by atoms with Crippen molar-refractivity contribution in [3.8, 4) is 0 Å². The number of fused-ring (bicyclic) bond motifs is 1. The fourth-order valence-corrected chi connectivity index (χ4v) is 4.87. The Morgan fingerprint density at radius 2 is 1.58 bits per heavy atom. The molecule has 3 rings (SSSR count). The molecule has 0 N–H and O–H groups in total. The lowest BCUT2D eigenvalue weighted by Crippen LogP contribution is -2.44. The zero-order valence-electron chi connectivity index (χ0n) is 14.4. The summed E-state index contributed by atoms with van der Waals surface area (Å²) in [7, 11) is 2.42. The van der Waals surface area contributed by atoms with Gasteiger partial charge in [0.1, 0.15) is 0 Å². The van der Waals surface area contributed by atoms with E-state index in [1.54, 1.807) is 24.3 Å². The number of carbonyl (C=O) groups is 4. The van der Waals surface area contributed by atoms with Crippen molar-refractivity contribution in [1.29, 1.82) is 0 Å². The fraction of sp³-hybridized carbons (Fsp3) is 0.444. The molecule has 0 bridgehead atoms. The Bertz CT molecular complexity index is 741. The monoisotopic (exact) mass is 471 g/mol. The molecular weight excluding hydrogens is 453 g/mol. The molecule has 0 radical (unpaired) electrons. The largest absolute Gasteiger partial charge is 0.468 e. The molecule has 7 nitrogen and oxygen atoms in total. The van der Waals surface area contributed by atoms with E-state index in [0.717, 1.165) is 0 Å². The zero-order valence-corrected chi connectivity index (χ0v) is 16.5. The number of benzene rings is 1. The molecule has 26 heavy (non-hydrogen) atoms. The Hall–Kier alpha value is -1.97. The van der Waals surface area contributed by atoms with Gasteiger partial charge in [-0.05, 0) is 30.9 Å². The average Bonchev–Trinajstić information content (AvgIpc) is 3.17. The van der Waals surface area contributed by atoms with Crippen LogP contribution in [0, 0.1) is 11.3 Å². The van der Waals surface area contributed by atoms with Crippen molar-refractivity contribution >= 4 is 46.3 Å². The standard InChI is InChI=1S/C18H18INO6/c1-25-16(23)18(17(24)26-2)7-10(9-19)13(8-18)20-14(21)11-5-3-4-6-12(11)15(20)22/h3-6,10,13H,7-9H2,1-2H3/t10-,13-/m1/s1. The second-order valence-corrected chi connectivity index (χ2v) is 7.36. The Morgan fingerprint density at radius 3 is 2.00 bits per heavy atom. The maximum Gasteiger partial charge on any atom is 0.323 e. The number of alkyl halides is 1. The minimum atomic E-state index is -1.50. The third-order valence-corrected chi connectivity index (χ3v) is 6.35. The second-order valence-electron chi connectivity index (χ2n) is 6.48. The summed E-state index contributed by atoms with van der Waals surface area (Å²) >= 11 is 2.14. The van der Waals surface area contributed by atoms with Crippen LogP contribution in [0.1, 0.15) is 33.6 Å². The summed E-state index contributed by atoms with van der Waals surface area (Å²) in [6.07, 6.45) is 0.179. The topological polar surface area (TPSA) is 90.0 Å². The molecule has 1 aliphatic heterocycles. The van der Waals surface area contributed by atoms with Crippen molar-refractivity contribution < 1.29 is 28.7 Å². The number of esters is 2. The van der Waals surface area contributed by atoms with Gasteiger partial charge in [0.15, 0.2) is 5.41 Å². The van der Waals surface area contributed by atoms with Crippen LogP contribution in [0.25, 0.3) is 0 Å². The number of amides is 2. The normalized spacial score (nSPS) is 23.7. The van der Waals surface area contributed by atoms with Gasteiger partial charge in [-0.15, -0.1) is 0 Å². The van der Waals surface area contributed by atoms with Gasteiger partial charge < -0.3 is 9.47 Å². The summed E-state index contributed by atoms with van der Waals surface area (Å²) in [5, 5.41) is 0. The van der Waals surface area contributed by atoms with Crippen molar-refractivity contribution in [2.24, 2.45) is 11.3 Å². The third-order valence-electron chi connectivity index (χ3n) is 5.22. The Morgan fingerprint density at radius 1 is 1.08 bits per heavy atom. The molecule has 1 heterocycles. The maximum absolute atomic E-state index is 12.8. The lowest BCUT2D eigenvalue weighted by atomic mass is 9.85. The van der Waals surface area contributed by atoms with Gasteiger partial charge in [0, 0.05) is 10.5 Å². The number of imide groups is 1. The van der Waals surface area contributed by atoms with Crippen LogP contribution in [-0.4, -0.2) is 53.3 Å². The molecule has 2 amide bonds. The quantitative estimate of drug-likeness (QED) is 0.219. The summed E-state index contributed by atoms with van der Waals surface area (Å²) in [5.74, 6) is -2.39. The van der Waals surface area contributed by atoms with E-state index in [-0.39, 0.29) is 18.8 Å². The molecule has 2 aliphatic rings. The van der Waals surface area contributed by atoms with Crippen LogP contribution in [0.3, 0.4) is 0 Å². The summed E-state index contributed by atoms with van der Waals surface area (Å²) in [5.41, 5.74) is -0.809. The van der Waals surface area contributed by atoms with Gasteiger partial charge >= 0.3 is 11.9 Å². The number of halogens is 1. The van der Waals surface area contributed by atoms with Gasteiger partial charge in [0.25, 0.3) is 11.8 Å². The molecule has 0 spiro atoms. The van der Waals surface area contributed by atoms with Crippen molar-refractivity contribution in [1.82, 2.24) is 4.90 Å². The molecule has 2 atom stereocenters. The molecular formula is C18H18INO6. The number of nitrogens with zero attached hydrogens (tertiary/aromatic N) is 1. The summed E-state index contributed by atoms with van der Waals surface area (Å²) in [4.78, 5) is 51.7. The highest BCUT2D eigenvalue weighted by Gasteiger charge is 2.60. The van der Waals surface area contributed by atoms with Crippen LogP contribution in [0.2, 0.25) is 0 Å². The SMILES string of the molecule is COC(=O)C1(C(=O)OC)C[C@H](CI)[C@H](N2C(=O)c3ccccc3C2=O)C1. The molecule has 8 heteroatoms. The van der Waals surface area contributed by atoms with E-state index in [1.807, 2.05) is 0 Å². The highest BCUT2D eigenvalue weighted by Crippen LogP contribution is 2.48. The Labute approximate surface area is 164 Å². The highest BCUT2D eigenvalue weighted by atomic mass is 127. The van der Waals surface area contributed by atoms with Gasteiger partial charge in [-0.25, -0.2) is 0 Å². The number of carbonyl (C=O) groups excluding carboxylic acids is 4. The molecule has 1 saturated carbocycles. The van der Waals surface area contributed by atoms with Gasteiger partial charge in [-0.1, -0.05) is 34.7 Å². The number of ether oxygens (including phenoxy) is 2. The summed E-state index contributed by atoms with van der Waals surface area (Å²) < 4.78 is 10.3. The molecule has 138 valence electrons. The molecule has 0 saturated heterocycles. The van der Waals surface area contributed by atoms with E-state index in [0.29, 0.717) is 15.6 Å².